The summed E-state index contributed by atoms with van der Waals surface area (Å²) in [6.07, 6.45) is 4.79. The minimum absolute atomic E-state index is 0.129. The first-order chi connectivity index (χ1) is 16.6. The maximum absolute atomic E-state index is 12.7. The average Bonchev–Trinajstić information content (AvgIpc) is 3.44. The van der Waals surface area contributed by atoms with Crippen LogP contribution in [0.3, 0.4) is 0 Å². The van der Waals surface area contributed by atoms with E-state index in [1.807, 2.05) is 59.4 Å². The Morgan fingerprint density at radius 1 is 1.03 bits per heavy atom. The largest absolute Gasteiger partial charge is 0.350 e. The van der Waals surface area contributed by atoms with E-state index in [9.17, 15) is 9.59 Å². The van der Waals surface area contributed by atoms with Gasteiger partial charge in [0.15, 0.2) is 5.65 Å². The zero-order chi connectivity index (χ0) is 23.5. The van der Waals surface area contributed by atoms with E-state index in [-0.39, 0.29) is 24.6 Å². The van der Waals surface area contributed by atoms with E-state index >= 15 is 0 Å². The van der Waals surface area contributed by atoms with Gasteiger partial charge >= 0.3 is 0 Å². The number of carbonyl (C=O) groups is 1. The van der Waals surface area contributed by atoms with Crippen LogP contribution >= 0.6 is 0 Å². The zero-order valence-corrected chi connectivity index (χ0v) is 18.6. The molecule has 1 N–H and O–H groups in total. The van der Waals surface area contributed by atoms with Crippen molar-refractivity contribution < 1.29 is 4.79 Å². The standard InChI is InChI=1S/C25H23N7O2/c1-30-24-21(13-28-30)25(34)31(17-27-24)16-22(33)26-12-20-15-32(14-18-8-4-2-5-9-18)29-23(20)19-10-6-3-7-11-19/h2-11,13,15,17H,12,14,16H2,1H3,(H,26,33). The lowest BCUT2D eigenvalue weighted by Gasteiger charge is -2.07. The van der Waals surface area contributed by atoms with Gasteiger partial charge in [-0.25, -0.2) is 4.98 Å². The number of rotatable bonds is 7. The molecule has 34 heavy (non-hydrogen) atoms. The molecule has 0 aliphatic rings. The van der Waals surface area contributed by atoms with Crippen molar-refractivity contribution in [1.29, 1.82) is 0 Å². The highest BCUT2D eigenvalue weighted by atomic mass is 16.2. The van der Waals surface area contributed by atoms with Crippen LogP contribution in [0.2, 0.25) is 0 Å². The summed E-state index contributed by atoms with van der Waals surface area (Å²) < 4.78 is 4.69. The average molecular weight is 454 g/mol. The summed E-state index contributed by atoms with van der Waals surface area (Å²) in [5.41, 5.74) is 4.00. The fraction of sp³-hybridized carbons (Fsp3) is 0.160. The summed E-state index contributed by atoms with van der Waals surface area (Å²) in [7, 11) is 1.72. The van der Waals surface area contributed by atoms with Gasteiger partial charge in [-0.15, -0.1) is 0 Å². The Morgan fingerprint density at radius 2 is 1.76 bits per heavy atom. The van der Waals surface area contributed by atoms with Crippen molar-refractivity contribution in [2.45, 2.75) is 19.6 Å². The second-order valence-electron chi connectivity index (χ2n) is 8.01. The van der Waals surface area contributed by atoms with Crippen LogP contribution in [0.25, 0.3) is 22.3 Å². The lowest BCUT2D eigenvalue weighted by molar-refractivity contribution is -0.121. The molecule has 3 aromatic heterocycles. The molecule has 0 unspecified atom stereocenters. The quantitative estimate of drug-likeness (QED) is 0.408. The van der Waals surface area contributed by atoms with Crippen molar-refractivity contribution >= 4 is 16.9 Å². The Hall–Kier alpha value is -4.53. The third-order valence-corrected chi connectivity index (χ3v) is 5.58. The SMILES string of the molecule is Cn1ncc2c(=O)n(CC(=O)NCc3cn(Cc4ccccc4)nc3-c3ccccc3)cnc21. The van der Waals surface area contributed by atoms with Gasteiger partial charge in [-0.3, -0.25) is 23.5 Å². The fourth-order valence-corrected chi connectivity index (χ4v) is 3.87. The van der Waals surface area contributed by atoms with E-state index < -0.39 is 0 Å². The second kappa shape index (κ2) is 9.14. The third kappa shape index (κ3) is 4.36. The second-order valence-corrected chi connectivity index (χ2v) is 8.01. The number of benzene rings is 2. The van der Waals surface area contributed by atoms with Crippen molar-refractivity contribution in [3.05, 3.63) is 101 Å². The van der Waals surface area contributed by atoms with Gasteiger partial charge in [0.1, 0.15) is 18.3 Å². The van der Waals surface area contributed by atoms with Crippen LogP contribution in [0.1, 0.15) is 11.1 Å². The number of amides is 1. The number of nitrogens with one attached hydrogen (secondary N) is 1. The summed E-state index contributed by atoms with van der Waals surface area (Å²) in [6, 6.07) is 19.9. The Bertz CT molecular complexity index is 1500. The molecule has 0 fully saturated rings. The summed E-state index contributed by atoms with van der Waals surface area (Å²) >= 11 is 0. The molecule has 0 bridgehead atoms. The number of aromatic nitrogens is 6. The van der Waals surface area contributed by atoms with Crippen molar-refractivity contribution in [2.24, 2.45) is 7.05 Å². The van der Waals surface area contributed by atoms with Crippen LogP contribution in [0.4, 0.5) is 0 Å². The number of carbonyl (C=O) groups excluding carboxylic acids is 1. The van der Waals surface area contributed by atoms with E-state index in [2.05, 4.69) is 27.5 Å². The van der Waals surface area contributed by atoms with Gasteiger partial charge in [0, 0.05) is 30.9 Å². The predicted octanol–water partition coefficient (Wildman–Crippen LogP) is 2.36. The molecule has 0 atom stereocenters. The Morgan fingerprint density at radius 3 is 2.53 bits per heavy atom. The van der Waals surface area contributed by atoms with E-state index in [0.29, 0.717) is 17.6 Å². The first kappa shape index (κ1) is 21.3. The van der Waals surface area contributed by atoms with Crippen LogP contribution in [-0.2, 0) is 31.5 Å². The van der Waals surface area contributed by atoms with Crippen molar-refractivity contribution in [2.75, 3.05) is 0 Å². The van der Waals surface area contributed by atoms with Gasteiger partial charge in [0.2, 0.25) is 5.91 Å². The molecule has 0 saturated heterocycles. The molecule has 3 heterocycles. The molecule has 9 nitrogen and oxygen atoms in total. The number of hydrogen-bond acceptors (Lipinski definition) is 5. The molecule has 1 amide bonds. The normalized spacial score (nSPS) is 11.1. The highest BCUT2D eigenvalue weighted by molar-refractivity contribution is 5.77. The minimum atomic E-state index is -0.297. The van der Waals surface area contributed by atoms with Gasteiger partial charge in [-0.1, -0.05) is 60.7 Å². The number of hydrogen-bond donors (Lipinski definition) is 1. The highest BCUT2D eigenvalue weighted by Crippen LogP contribution is 2.22. The Kier molecular flexibility index (Phi) is 5.73. The van der Waals surface area contributed by atoms with Crippen molar-refractivity contribution in [3.8, 4) is 11.3 Å². The zero-order valence-electron chi connectivity index (χ0n) is 18.6. The molecule has 0 spiro atoms. The van der Waals surface area contributed by atoms with Crippen LogP contribution in [0.5, 0.6) is 0 Å². The third-order valence-electron chi connectivity index (χ3n) is 5.58. The van der Waals surface area contributed by atoms with E-state index in [1.165, 1.54) is 21.8 Å². The predicted molar refractivity (Wildman–Crippen MR) is 128 cm³/mol. The molecule has 170 valence electrons. The lowest BCUT2D eigenvalue weighted by Crippen LogP contribution is -2.32. The molecule has 0 aliphatic carbocycles. The molecule has 0 radical (unpaired) electrons. The van der Waals surface area contributed by atoms with Gasteiger partial charge in [-0.2, -0.15) is 10.2 Å². The van der Waals surface area contributed by atoms with Gasteiger partial charge in [0.25, 0.3) is 5.56 Å². The van der Waals surface area contributed by atoms with Crippen molar-refractivity contribution in [3.63, 3.8) is 0 Å². The van der Waals surface area contributed by atoms with Gasteiger partial charge in [-0.05, 0) is 5.56 Å². The number of fused-ring (bicyclic) bond motifs is 1. The molecular weight excluding hydrogens is 430 g/mol. The lowest BCUT2D eigenvalue weighted by atomic mass is 10.1. The summed E-state index contributed by atoms with van der Waals surface area (Å²) in [6.45, 7) is 0.783. The number of aryl methyl sites for hydroxylation is 1. The smallest absolute Gasteiger partial charge is 0.264 e. The molecule has 0 saturated carbocycles. The highest BCUT2D eigenvalue weighted by Gasteiger charge is 2.14. The molecule has 5 aromatic rings. The van der Waals surface area contributed by atoms with Crippen LogP contribution in [0, 0.1) is 0 Å². The summed E-state index contributed by atoms with van der Waals surface area (Å²) in [5, 5.41) is 12.1. The Balaban J connectivity index is 1.34. The van der Waals surface area contributed by atoms with Gasteiger partial charge < -0.3 is 5.32 Å². The Labute approximate surface area is 195 Å². The fourth-order valence-electron chi connectivity index (χ4n) is 3.87. The molecular formula is C25H23N7O2. The van der Waals surface area contributed by atoms with Crippen molar-refractivity contribution in [1.82, 2.24) is 34.4 Å². The monoisotopic (exact) mass is 453 g/mol. The van der Waals surface area contributed by atoms with E-state index in [1.54, 1.807) is 7.05 Å². The maximum atomic E-state index is 12.7. The first-order valence-corrected chi connectivity index (χ1v) is 10.9. The first-order valence-electron chi connectivity index (χ1n) is 10.9. The molecule has 5 rings (SSSR count). The molecule has 9 heteroatoms. The van der Waals surface area contributed by atoms with E-state index in [4.69, 9.17) is 5.10 Å². The topological polar surface area (TPSA) is 99.6 Å². The number of nitrogens with zero attached hydrogens (tertiary/aromatic N) is 6. The minimum Gasteiger partial charge on any atom is -0.350 e. The van der Waals surface area contributed by atoms with Crippen LogP contribution < -0.4 is 10.9 Å². The van der Waals surface area contributed by atoms with Crippen LogP contribution in [0.15, 0.2) is 84.2 Å². The molecule has 2 aromatic carbocycles. The maximum Gasteiger partial charge on any atom is 0.264 e. The van der Waals surface area contributed by atoms with Crippen LogP contribution in [-0.4, -0.2) is 35.0 Å². The molecule has 0 aliphatic heterocycles. The summed E-state index contributed by atoms with van der Waals surface area (Å²) in [5.74, 6) is -0.290. The van der Waals surface area contributed by atoms with E-state index in [0.717, 1.165) is 22.4 Å². The van der Waals surface area contributed by atoms with Gasteiger partial charge in [0.05, 0.1) is 18.4 Å². The summed E-state index contributed by atoms with van der Waals surface area (Å²) in [4.78, 5) is 29.6.